The standard InChI is InChI=1S/C27H29ClN4O6S/c1-4-37-22-15-11-21(12-16-22)32(39(3,35)36)19(2)27(34)31-29-17-20-9-13-23(14-10-20)38-18-26(33)30-25-8-6-5-7-24(25)28/h5-17,19H,4,18H2,1-3H3,(H,30,33)(H,31,34)/t19-/m1/s1. The molecule has 0 fully saturated rings. The molecule has 3 rings (SSSR count). The van der Waals surface area contributed by atoms with Crippen LogP contribution in [-0.2, 0) is 19.6 Å². The first-order valence-corrected chi connectivity index (χ1v) is 14.1. The number of hydrogen-bond acceptors (Lipinski definition) is 7. The molecule has 0 bridgehead atoms. The third-order valence-corrected chi connectivity index (χ3v) is 6.85. The highest BCUT2D eigenvalue weighted by molar-refractivity contribution is 7.92. The zero-order chi connectivity index (χ0) is 28.4. The predicted molar refractivity (Wildman–Crippen MR) is 152 cm³/mol. The van der Waals surface area contributed by atoms with E-state index < -0.39 is 22.0 Å². The highest BCUT2D eigenvalue weighted by Crippen LogP contribution is 2.24. The van der Waals surface area contributed by atoms with Crippen LogP contribution in [0.25, 0.3) is 0 Å². The second-order valence-electron chi connectivity index (χ2n) is 8.28. The monoisotopic (exact) mass is 572 g/mol. The Hall–Kier alpha value is -4.09. The van der Waals surface area contributed by atoms with Crippen molar-refractivity contribution in [3.05, 3.63) is 83.4 Å². The first-order valence-electron chi connectivity index (χ1n) is 11.9. The summed E-state index contributed by atoms with van der Waals surface area (Å²) in [6.07, 6.45) is 2.43. The number of carbonyl (C=O) groups is 2. The SMILES string of the molecule is CCOc1ccc(N([C@H](C)C(=O)NN=Cc2ccc(OCC(=O)Nc3ccccc3Cl)cc2)S(C)(=O)=O)cc1. The summed E-state index contributed by atoms with van der Waals surface area (Å²) in [7, 11) is -3.77. The Kier molecular flexibility index (Phi) is 10.3. The number of nitrogens with one attached hydrogen (secondary N) is 2. The highest BCUT2D eigenvalue weighted by atomic mass is 35.5. The maximum absolute atomic E-state index is 12.7. The van der Waals surface area contributed by atoms with E-state index in [0.29, 0.717) is 40.1 Å². The van der Waals surface area contributed by atoms with Gasteiger partial charge in [0.2, 0.25) is 10.0 Å². The smallest absolute Gasteiger partial charge is 0.263 e. The molecule has 0 aliphatic carbocycles. The number of rotatable bonds is 12. The van der Waals surface area contributed by atoms with Crippen molar-refractivity contribution in [2.75, 3.05) is 29.1 Å². The van der Waals surface area contributed by atoms with Crippen LogP contribution in [-0.4, -0.2) is 52.0 Å². The molecule has 0 spiro atoms. The second-order valence-corrected chi connectivity index (χ2v) is 10.5. The predicted octanol–water partition coefficient (Wildman–Crippen LogP) is 4.06. The lowest BCUT2D eigenvalue weighted by atomic mass is 10.2. The number of amides is 2. The van der Waals surface area contributed by atoms with Crippen molar-refractivity contribution in [1.29, 1.82) is 0 Å². The number of benzene rings is 3. The normalized spacial score (nSPS) is 12.0. The molecule has 0 saturated heterocycles. The lowest BCUT2D eigenvalue weighted by molar-refractivity contribution is -0.121. The number of anilines is 2. The lowest BCUT2D eigenvalue weighted by Crippen LogP contribution is -2.46. The summed E-state index contributed by atoms with van der Waals surface area (Å²) in [4.78, 5) is 24.8. The number of halogens is 1. The summed E-state index contributed by atoms with van der Waals surface area (Å²) in [6.45, 7) is 3.58. The van der Waals surface area contributed by atoms with Gasteiger partial charge in [-0.05, 0) is 80.1 Å². The Labute approximate surface area is 232 Å². The second kappa shape index (κ2) is 13.6. The summed E-state index contributed by atoms with van der Waals surface area (Å²) in [5.74, 6) is 0.0699. The van der Waals surface area contributed by atoms with Crippen molar-refractivity contribution in [3.63, 3.8) is 0 Å². The maximum atomic E-state index is 12.7. The van der Waals surface area contributed by atoms with Gasteiger partial charge in [0, 0.05) is 0 Å². The van der Waals surface area contributed by atoms with E-state index in [2.05, 4.69) is 15.8 Å². The van der Waals surface area contributed by atoms with E-state index in [4.69, 9.17) is 21.1 Å². The average molecular weight is 573 g/mol. The van der Waals surface area contributed by atoms with Crippen molar-refractivity contribution in [2.24, 2.45) is 5.10 Å². The van der Waals surface area contributed by atoms with Gasteiger partial charge in [0.1, 0.15) is 17.5 Å². The molecule has 12 heteroatoms. The molecule has 39 heavy (non-hydrogen) atoms. The first kappa shape index (κ1) is 29.5. The van der Waals surface area contributed by atoms with Crippen molar-refractivity contribution in [3.8, 4) is 11.5 Å². The molecule has 10 nitrogen and oxygen atoms in total. The Balaban J connectivity index is 1.54. The molecule has 2 N–H and O–H groups in total. The summed E-state index contributed by atoms with van der Waals surface area (Å²) >= 11 is 6.03. The van der Waals surface area contributed by atoms with Crippen LogP contribution in [0.3, 0.4) is 0 Å². The fourth-order valence-corrected chi connectivity index (χ4v) is 4.83. The Morgan fingerprint density at radius 3 is 2.23 bits per heavy atom. The lowest BCUT2D eigenvalue weighted by Gasteiger charge is -2.27. The van der Waals surface area contributed by atoms with Crippen molar-refractivity contribution in [2.45, 2.75) is 19.9 Å². The Morgan fingerprint density at radius 2 is 1.62 bits per heavy atom. The zero-order valence-corrected chi connectivity index (χ0v) is 23.2. The van der Waals surface area contributed by atoms with E-state index in [1.807, 2.05) is 6.92 Å². The molecule has 0 saturated carbocycles. The first-order chi connectivity index (χ1) is 18.6. The van der Waals surface area contributed by atoms with E-state index in [-0.39, 0.29) is 12.5 Å². The third kappa shape index (κ3) is 8.72. The van der Waals surface area contributed by atoms with E-state index in [1.165, 1.54) is 13.1 Å². The number of ether oxygens (including phenoxy) is 2. The van der Waals surface area contributed by atoms with Crippen LogP contribution in [0, 0.1) is 0 Å². The van der Waals surface area contributed by atoms with Crippen molar-refractivity contribution >= 4 is 51.0 Å². The number of nitrogens with zero attached hydrogens (tertiary/aromatic N) is 2. The van der Waals surface area contributed by atoms with Crippen LogP contribution in [0.15, 0.2) is 77.9 Å². The van der Waals surface area contributed by atoms with Gasteiger partial charge >= 0.3 is 0 Å². The number of hydrogen-bond donors (Lipinski definition) is 2. The van der Waals surface area contributed by atoms with Crippen LogP contribution in [0.4, 0.5) is 11.4 Å². The van der Waals surface area contributed by atoms with Crippen LogP contribution in [0.5, 0.6) is 11.5 Å². The minimum Gasteiger partial charge on any atom is -0.494 e. The van der Waals surface area contributed by atoms with E-state index in [9.17, 15) is 18.0 Å². The van der Waals surface area contributed by atoms with Gasteiger partial charge in [-0.2, -0.15) is 5.10 Å². The van der Waals surface area contributed by atoms with Crippen LogP contribution in [0.1, 0.15) is 19.4 Å². The van der Waals surface area contributed by atoms with Crippen LogP contribution in [0.2, 0.25) is 5.02 Å². The molecular weight excluding hydrogens is 544 g/mol. The molecule has 3 aromatic carbocycles. The van der Waals surface area contributed by atoms with Gasteiger partial charge in [-0.25, -0.2) is 13.8 Å². The van der Waals surface area contributed by atoms with E-state index >= 15 is 0 Å². The van der Waals surface area contributed by atoms with Gasteiger partial charge in [-0.1, -0.05) is 23.7 Å². The van der Waals surface area contributed by atoms with E-state index in [0.717, 1.165) is 10.6 Å². The molecule has 0 unspecified atom stereocenters. The van der Waals surface area contributed by atoms with Gasteiger partial charge in [0.25, 0.3) is 11.8 Å². The van der Waals surface area contributed by atoms with Crippen molar-refractivity contribution < 1.29 is 27.5 Å². The fraction of sp³-hybridized carbons (Fsp3) is 0.222. The van der Waals surface area contributed by atoms with Gasteiger partial charge in [-0.15, -0.1) is 0 Å². The molecule has 0 heterocycles. The van der Waals surface area contributed by atoms with Crippen LogP contribution >= 0.6 is 11.6 Å². The molecule has 2 amide bonds. The third-order valence-electron chi connectivity index (χ3n) is 5.28. The zero-order valence-electron chi connectivity index (χ0n) is 21.6. The molecule has 0 aliphatic rings. The molecular formula is C27H29ClN4O6S. The van der Waals surface area contributed by atoms with Crippen molar-refractivity contribution in [1.82, 2.24) is 5.43 Å². The molecule has 1 atom stereocenters. The summed E-state index contributed by atoms with van der Waals surface area (Å²) in [5, 5.41) is 7.03. The minimum absolute atomic E-state index is 0.211. The Bertz CT molecular complexity index is 1410. The van der Waals surface area contributed by atoms with Gasteiger partial charge in [0.05, 0.1) is 35.5 Å². The number of para-hydroxylation sites is 1. The number of sulfonamides is 1. The Morgan fingerprint density at radius 1 is 1.00 bits per heavy atom. The number of hydrazone groups is 1. The topological polar surface area (TPSA) is 126 Å². The molecule has 0 radical (unpaired) electrons. The van der Waals surface area contributed by atoms with Gasteiger partial charge < -0.3 is 14.8 Å². The van der Waals surface area contributed by atoms with E-state index in [1.54, 1.807) is 72.8 Å². The number of carbonyl (C=O) groups excluding carboxylic acids is 2. The largest absolute Gasteiger partial charge is 0.494 e. The summed E-state index contributed by atoms with van der Waals surface area (Å²) < 4.78 is 36.8. The molecule has 3 aromatic rings. The summed E-state index contributed by atoms with van der Waals surface area (Å²) in [5.41, 5.74) is 3.83. The molecule has 0 aliphatic heterocycles. The highest BCUT2D eigenvalue weighted by Gasteiger charge is 2.29. The average Bonchev–Trinajstić information content (AvgIpc) is 2.90. The van der Waals surface area contributed by atoms with Gasteiger partial charge in [0.15, 0.2) is 6.61 Å². The quantitative estimate of drug-likeness (QED) is 0.249. The minimum atomic E-state index is -3.77. The molecule has 206 valence electrons. The fourth-order valence-electron chi connectivity index (χ4n) is 3.48. The van der Waals surface area contributed by atoms with Gasteiger partial charge in [-0.3, -0.25) is 13.9 Å². The molecule has 0 aromatic heterocycles. The van der Waals surface area contributed by atoms with Crippen LogP contribution < -0.4 is 24.5 Å². The maximum Gasteiger partial charge on any atom is 0.263 e. The summed E-state index contributed by atoms with van der Waals surface area (Å²) in [6, 6.07) is 18.9.